The SMILES string of the molecule is O=C(NCCC1CNCCO1)c1ccc(Br)cc1. The van der Waals surface area contributed by atoms with E-state index in [-0.39, 0.29) is 12.0 Å². The Balaban J connectivity index is 1.72. The van der Waals surface area contributed by atoms with E-state index in [0.717, 1.165) is 30.6 Å². The number of nitrogens with one attached hydrogen (secondary N) is 2. The Labute approximate surface area is 115 Å². The van der Waals surface area contributed by atoms with E-state index in [9.17, 15) is 4.79 Å². The normalized spacial score (nSPS) is 19.5. The maximum absolute atomic E-state index is 11.8. The highest BCUT2D eigenvalue weighted by molar-refractivity contribution is 9.10. The first kappa shape index (κ1) is 13.5. The molecule has 2 N–H and O–H groups in total. The van der Waals surface area contributed by atoms with Crippen molar-refractivity contribution in [3.8, 4) is 0 Å². The van der Waals surface area contributed by atoms with Crippen molar-refractivity contribution in [2.24, 2.45) is 0 Å². The van der Waals surface area contributed by atoms with Gasteiger partial charge in [-0.15, -0.1) is 0 Å². The molecule has 0 aromatic heterocycles. The van der Waals surface area contributed by atoms with Crippen molar-refractivity contribution in [3.63, 3.8) is 0 Å². The van der Waals surface area contributed by atoms with E-state index in [1.807, 2.05) is 12.1 Å². The molecule has 1 aromatic rings. The Bertz CT molecular complexity index is 388. The summed E-state index contributed by atoms with van der Waals surface area (Å²) < 4.78 is 6.53. The lowest BCUT2D eigenvalue weighted by molar-refractivity contribution is 0.0239. The zero-order valence-electron chi connectivity index (χ0n) is 10.1. The molecule has 1 saturated heterocycles. The summed E-state index contributed by atoms with van der Waals surface area (Å²) in [5, 5.41) is 6.17. The molecule has 0 radical (unpaired) electrons. The minimum atomic E-state index is -0.0359. The molecule has 5 heteroatoms. The molecule has 1 aromatic carbocycles. The lowest BCUT2D eigenvalue weighted by atomic mass is 10.2. The van der Waals surface area contributed by atoms with Crippen LogP contribution in [0.3, 0.4) is 0 Å². The predicted octanol–water partition coefficient (Wildman–Crippen LogP) is 1.56. The molecule has 1 atom stereocenters. The van der Waals surface area contributed by atoms with Crippen LogP contribution >= 0.6 is 15.9 Å². The second-order valence-corrected chi connectivity index (χ2v) is 5.16. The van der Waals surface area contributed by atoms with Gasteiger partial charge in [-0.25, -0.2) is 0 Å². The molecule has 0 aliphatic carbocycles. The fourth-order valence-electron chi connectivity index (χ4n) is 1.86. The van der Waals surface area contributed by atoms with Gasteiger partial charge in [0.25, 0.3) is 5.91 Å². The number of hydrogen-bond acceptors (Lipinski definition) is 3. The van der Waals surface area contributed by atoms with Crippen LogP contribution in [0.1, 0.15) is 16.8 Å². The first-order chi connectivity index (χ1) is 8.75. The zero-order chi connectivity index (χ0) is 12.8. The van der Waals surface area contributed by atoms with Crippen LogP contribution in [0.4, 0.5) is 0 Å². The maximum atomic E-state index is 11.8. The average Bonchev–Trinajstić information content (AvgIpc) is 2.40. The summed E-state index contributed by atoms with van der Waals surface area (Å²) in [6, 6.07) is 7.34. The Morgan fingerprint density at radius 1 is 1.44 bits per heavy atom. The molecule has 1 aliphatic heterocycles. The lowest BCUT2D eigenvalue weighted by Gasteiger charge is -2.23. The molecule has 1 unspecified atom stereocenters. The van der Waals surface area contributed by atoms with Crippen molar-refractivity contribution < 1.29 is 9.53 Å². The third kappa shape index (κ3) is 4.08. The summed E-state index contributed by atoms with van der Waals surface area (Å²) in [5.41, 5.74) is 0.681. The molecular weight excluding hydrogens is 296 g/mol. The number of benzene rings is 1. The topological polar surface area (TPSA) is 50.4 Å². The standard InChI is InChI=1S/C13H17BrN2O2/c14-11-3-1-10(2-4-11)13(17)16-6-5-12-9-15-7-8-18-12/h1-4,12,15H,5-9H2,(H,16,17). The van der Waals surface area contributed by atoms with Gasteiger partial charge in [0.2, 0.25) is 0 Å². The van der Waals surface area contributed by atoms with Crippen LogP contribution in [-0.4, -0.2) is 38.3 Å². The zero-order valence-corrected chi connectivity index (χ0v) is 11.7. The highest BCUT2D eigenvalue weighted by Crippen LogP contribution is 2.10. The number of morpholine rings is 1. The fraction of sp³-hybridized carbons (Fsp3) is 0.462. The van der Waals surface area contributed by atoms with E-state index >= 15 is 0 Å². The van der Waals surface area contributed by atoms with Crippen LogP contribution in [0, 0.1) is 0 Å². The van der Waals surface area contributed by atoms with E-state index in [0.29, 0.717) is 12.1 Å². The van der Waals surface area contributed by atoms with E-state index < -0.39 is 0 Å². The molecule has 18 heavy (non-hydrogen) atoms. The van der Waals surface area contributed by atoms with Crippen LogP contribution in [0.25, 0.3) is 0 Å². The second-order valence-electron chi connectivity index (χ2n) is 4.25. The second kappa shape index (κ2) is 6.87. The van der Waals surface area contributed by atoms with Gasteiger partial charge in [-0.2, -0.15) is 0 Å². The Kier molecular flexibility index (Phi) is 5.16. The first-order valence-corrected chi connectivity index (χ1v) is 6.91. The van der Waals surface area contributed by atoms with Crippen LogP contribution < -0.4 is 10.6 Å². The Morgan fingerprint density at radius 3 is 2.89 bits per heavy atom. The smallest absolute Gasteiger partial charge is 0.251 e. The summed E-state index contributed by atoms with van der Waals surface area (Å²) in [6.07, 6.45) is 1.05. The lowest BCUT2D eigenvalue weighted by Crippen LogP contribution is -2.40. The molecule has 2 rings (SSSR count). The number of carbonyl (C=O) groups excluding carboxylic acids is 1. The fourth-order valence-corrected chi connectivity index (χ4v) is 2.12. The highest BCUT2D eigenvalue weighted by atomic mass is 79.9. The molecule has 0 bridgehead atoms. The molecule has 98 valence electrons. The van der Waals surface area contributed by atoms with Gasteiger partial charge in [0.05, 0.1) is 12.7 Å². The van der Waals surface area contributed by atoms with Crippen molar-refractivity contribution in [2.45, 2.75) is 12.5 Å². The van der Waals surface area contributed by atoms with Crippen molar-refractivity contribution in [2.75, 3.05) is 26.2 Å². The van der Waals surface area contributed by atoms with Gasteiger partial charge in [0.15, 0.2) is 0 Å². The monoisotopic (exact) mass is 312 g/mol. The number of ether oxygens (including phenoxy) is 1. The number of rotatable bonds is 4. The van der Waals surface area contributed by atoms with Crippen molar-refractivity contribution >= 4 is 21.8 Å². The van der Waals surface area contributed by atoms with Crippen LogP contribution in [-0.2, 0) is 4.74 Å². The van der Waals surface area contributed by atoms with Crippen molar-refractivity contribution in [1.82, 2.24) is 10.6 Å². The average molecular weight is 313 g/mol. The molecule has 1 aliphatic rings. The van der Waals surface area contributed by atoms with E-state index in [1.54, 1.807) is 12.1 Å². The van der Waals surface area contributed by atoms with Gasteiger partial charge >= 0.3 is 0 Å². The van der Waals surface area contributed by atoms with Gasteiger partial charge in [0.1, 0.15) is 0 Å². The molecule has 1 amide bonds. The molecular formula is C13H17BrN2O2. The van der Waals surface area contributed by atoms with Gasteiger partial charge in [-0.05, 0) is 30.7 Å². The van der Waals surface area contributed by atoms with Gasteiger partial charge < -0.3 is 15.4 Å². The minimum absolute atomic E-state index is 0.0359. The van der Waals surface area contributed by atoms with Crippen molar-refractivity contribution in [1.29, 1.82) is 0 Å². The number of hydrogen-bond donors (Lipinski definition) is 2. The molecule has 4 nitrogen and oxygen atoms in total. The quantitative estimate of drug-likeness (QED) is 0.887. The Morgan fingerprint density at radius 2 is 2.22 bits per heavy atom. The summed E-state index contributed by atoms with van der Waals surface area (Å²) >= 11 is 3.34. The van der Waals surface area contributed by atoms with E-state index in [1.165, 1.54) is 0 Å². The van der Waals surface area contributed by atoms with E-state index in [2.05, 4.69) is 26.6 Å². The third-order valence-electron chi connectivity index (χ3n) is 2.86. The van der Waals surface area contributed by atoms with Crippen LogP contribution in [0.2, 0.25) is 0 Å². The summed E-state index contributed by atoms with van der Waals surface area (Å²) in [7, 11) is 0. The highest BCUT2D eigenvalue weighted by Gasteiger charge is 2.13. The molecule has 1 fully saturated rings. The van der Waals surface area contributed by atoms with E-state index in [4.69, 9.17) is 4.74 Å². The minimum Gasteiger partial charge on any atom is -0.376 e. The van der Waals surface area contributed by atoms with Crippen LogP contribution in [0.15, 0.2) is 28.7 Å². The summed E-state index contributed by atoms with van der Waals surface area (Å²) in [6.45, 7) is 3.18. The number of carbonyl (C=O) groups is 1. The van der Waals surface area contributed by atoms with Crippen LogP contribution in [0.5, 0.6) is 0 Å². The molecule has 0 saturated carbocycles. The number of halogens is 1. The van der Waals surface area contributed by atoms with Crippen molar-refractivity contribution in [3.05, 3.63) is 34.3 Å². The predicted molar refractivity (Wildman–Crippen MR) is 73.7 cm³/mol. The summed E-state index contributed by atoms with van der Waals surface area (Å²) in [5.74, 6) is -0.0359. The third-order valence-corrected chi connectivity index (χ3v) is 3.39. The maximum Gasteiger partial charge on any atom is 0.251 e. The first-order valence-electron chi connectivity index (χ1n) is 6.12. The van der Waals surface area contributed by atoms with Gasteiger partial charge in [-0.3, -0.25) is 4.79 Å². The van der Waals surface area contributed by atoms with Gasteiger partial charge in [-0.1, -0.05) is 15.9 Å². The molecule has 1 heterocycles. The summed E-state index contributed by atoms with van der Waals surface area (Å²) in [4.78, 5) is 11.8. The largest absolute Gasteiger partial charge is 0.376 e. The molecule has 0 spiro atoms. The Hall–Kier alpha value is -0.910. The number of amides is 1. The van der Waals surface area contributed by atoms with Gasteiger partial charge in [0, 0.05) is 29.7 Å².